The van der Waals surface area contributed by atoms with Gasteiger partial charge in [0.05, 0.1) is 10.3 Å². The fraction of sp³-hybridized carbons (Fsp3) is 0.333. The first-order valence-corrected chi connectivity index (χ1v) is 5.77. The summed E-state index contributed by atoms with van der Waals surface area (Å²) in [7, 11) is 0. The second kappa shape index (κ2) is 5.95. The molecule has 1 rings (SSSR count). The molecule has 82 valence electrons. The minimum atomic E-state index is -0.418. The molecule has 0 fully saturated rings. The summed E-state index contributed by atoms with van der Waals surface area (Å²) in [6, 6.07) is 6.38. The van der Waals surface area contributed by atoms with Crippen molar-refractivity contribution in [2.75, 3.05) is 12.3 Å². The SMILES string of the molecule is NCC(Cl)CSc1ccc([N+](=O)[O-])cc1. The molecule has 0 radical (unpaired) electrons. The van der Waals surface area contributed by atoms with Crippen LogP contribution in [0.3, 0.4) is 0 Å². The number of benzene rings is 1. The zero-order chi connectivity index (χ0) is 11.3. The Labute approximate surface area is 96.9 Å². The third-order valence-corrected chi connectivity index (χ3v) is 3.42. The van der Waals surface area contributed by atoms with E-state index in [0.29, 0.717) is 12.3 Å². The number of non-ortho nitro benzene ring substituents is 1. The number of nitrogens with two attached hydrogens (primary N) is 1. The van der Waals surface area contributed by atoms with Crippen molar-refractivity contribution in [2.24, 2.45) is 5.73 Å². The summed E-state index contributed by atoms with van der Waals surface area (Å²) < 4.78 is 0. The van der Waals surface area contributed by atoms with Crippen molar-refractivity contribution in [3.05, 3.63) is 34.4 Å². The number of hydrogen-bond acceptors (Lipinski definition) is 4. The molecule has 0 aliphatic rings. The van der Waals surface area contributed by atoms with E-state index in [1.165, 1.54) is 23.9 Å². The van der Waals surface area contributed by atoms with E-state index in [-0.39, 0.29) is 11.1 Å². The first-order chi connectivity index (χ1) is 7.13. The van der Waals surface area contributed by atoms with Gasteiger partial charge in [-0.3, -0.25) is 10.1 Å². The largest absolute Gasteiger partial charge is 0.329 e. The normalized spacial score (nSPS) is 12.4. The van der Waals surface area contributed by atoms with E-state index < -0.39 is 4.92 Å². The maximum absolute atomic E-state index is 10.4. The lowest BCUT2D eigenvalue weighted by Crippen LogP contribution is -2.16. The van der Waals surface area contributed by atoms with Crippen LogP contribution >= 0.6 is 23.4 Å². The Morgan fingerprint density at radius 2 is 2.07 bits per heavy atom. The van der Waals surface area contributed by atoms with Crippen molar-refractivity contribution in [3.8, 4) is 0 Å². The predicted octanol–water partition coefficient (Wildman–Crippen LogP) is 2.25. The van der Waals surface area contributed by atoms with Gasteiger partial charge in [0.2, 0.25) is 0 Å². The molecule has 4 nitrogen and oxygen atoms in total. The molecule has 15 heavy (non-hydrogen) atoms. The highest BCUT2D eigenvalue weighted by atomic mass is 35.5. The van der Waals surface area contributed by atoms with Crippen molar-refractivity contribution >= 4 is 29.1 Å². The van der Waals surface area contributed by atoms with Gasteiger partial charge < -0.3 is 5.73 Å². The minimum Gasteiger partial charge on any atom is -0.329 e. The maximum atomic E-state index is 10.4. The number of nitro groups is 1. The molecular weight excluding hydrogens is 236 g/mol. The minimum absolute atomic E-state index is 0.0646. The van der Waals surface area contributed by atoms with Crippen LogP contribution in [0.15, 0.2) is 29.2 Å². The molecule has 1 aromatic carbocycles. The monoisotopic (exact) mass is 246 g/mol. The summed E-state index contributed by atoms with van der Waals surface area (Å²) in [6.07, 6.45) is 0. The van der Waals surface area contributed by atoms with Crippen LogP contribution in [0.25, 0.3) is 0 Å². The molecule has 1 atom stereocenters. The lowest BCUT2D eigenvalue weighted by Gasteiger charge is -2.05. The Morgan fingerprint density at radius 1 is 1.47 bits per heavy atom. The van der Waals surface area contributed by atoms with Gasteiger partial charge in [0.1, 0.15) is 0 Å². The van der Waals surface area contributed by atoms with Gasteiger partial charge in [-0.05, 0) is 12.1 Å². The average molecular weight is 247 g/mol. The number of rotatable bonds is 5. The highest BCUT2D eigenvalue weighted by molar-refractivity contribution is 7.99. The van der Waals surface area contributed by atoms with Crippen molar-refractivity contribution in [2.45, 2.75) is 10.3 Å². The number of nitro benzene ring substituents is 1. The molecule has 0 aliphatic heterocycles. The summed E-state index contributed by atoms with van der Waals surface area (Å²) in [4.78, 5) is 10.9. The molecule has 6 heteroatoms. The first kappa shape index (κ1) is 12.3. The van der Waals surface area contributed by atoms with Gasteiger partial charge in [-0.25, -0.2) is 0 Å². The van der Waals surface area contributed by atoms with E-state index in [1.54, 1.807) is 12.1 Å². The molecule has 0 bridgehead atoms. The van der Waals surface area contributed by atoms with Crippen LogP contribution in [0.5, 0.6) is 0 Å². The van der Waals surface area contributed by atoms with Gasteiger partial charge in [-0.15, -0.1) is 23.4 Å². The van der Waals surface area contributed by atoms with E-state index >= 15 is 0 Å². The number of nitrogens with zero attached hydrogens (tertiary/aromatic N) is 1. The maximum Gasteiger partial charge on any atom is 0.269 e. The predicted molar refractivity (Wildman–Crippen MR) is 62.5 cm³/mol. The molecular formula is C9H11ClN2O2S. The first-order valence-electron chi connectivity index (χ1n) is 4.35. The van der Waals surface area contributed by atoms with E-state index in [1.807, 2.05) is 0 Å². The summed E-state index contributed by atoms with van der Waals surface area (Å²) >= 11 is 7.38. The van der Waals surface area contributed by atoms with Crippen LogP contribution in [0, 0.1) is 10.1 Å². The summed E-state index contributed by atoms with van der Waals surface area (Å²) in [6.45, 7) is 0.432. The molecule has 0 saturated carbocycles. The third kappa shape index (κ3) is 4.07. The van der Waals surface area contributed by atoms with Gasteiger partial charge in [-0.1, -0.05) is 0 Å². The highest BCUT2D eigenvalue weighted by Crippen LogP contribution is 2.22. The van der Waals surface area contributed by atoms with Crippen LogP contribution in [-0.2, 0) is 0 Å². The van der Waals surface area contributed by atoms with E-state index in [4.69, 9.17) is 17.3 Å². The van der Waals surface area contributed by atoms with Crippen LogP contribution in [0.4, 0.5) is 5.69 Å². The van der Waals surface area contributed by atoms with Crippen molar-refractivity contribution in [3.63, 3.8) is 0 Å². The second-order valence-corrected chi connectivity index (χ2v) is 4.61. The Kier molecular flexibility index (Phi) is 4.87. The number of halogens is 1. The highest BCUT2D eigenvalue weighted by Gasteiger charge is 2.06. The molecule has 2 N–H and O–H groups in total. The van der Waals surface area contributed by atoms with Crippen molar-refractivity contribution in [1.82, 2.24) is 0 Å². The molecule has 0 heterocycles. The van der Waals surface area contributed by atoms with Crippen LogP contribution in [0.1, 0.15) is 0 Å². The molecule has 0 amide bonds. The molecule has 0 aliphatic carbocycles. The van der Waals surface area contributed by atoms with Crippen molar-refractivity contribution < 1.29 is 4.92 Å². The zero-order valence-corrected chi connectivity index (χ0v) is 9.50. The Bertz CT molecular complexity index is 331. The number of thioether (sulfide) groups is 1. The number of hydrogen-bond donors (Lipinski definition) is 1. The summed E-state index contributed by atoms with van der Waals surface area (Å²) in [5.74, 6) is 0.704. The standard InChI is InChI=1S/C9H11ClN2O2S/c10-7(5-11)6-15-9-3-1-8(2-4-9)12(13)14/h1-4,7H,5-6,11H2. The Hall–Kier alpha value is -0.780. The number of alkyl halides is 1. The van der Waals surface area contributed by atoms with Gasteiger partial charge in [0.15, 0.2) is 0 Å². The fourth-order valence-corrected chi connectivity index (χ4v) is 1.95. The Morgan fingerprint density at radius 3 is 2.53 bits per heavy atom. The molecule has 0 aromatic heterocycles. The lowest BCUT2D eigenvalue weighted by atomic mass is 10.3. The van der Waals surface area contributed by atoms with Gasteiger partial charge in [-0.2, -0.15) is 0 Å². The Balaban J connectivity index is 2.53. The molecule has 0 spiro atoms. The zero-order valence-electron chi connectivity index (χ0n) is 7.93. The van der Waals surface area contributed by atoms with Gasteiger partial charge in [0.25, 0.3) is 5.69 Å². The molecule has 1 unspecified atom stereocenters. The van der Waals surface area contributed by atoms with Crippen LogP contribution in [-0.4, -0.2) is 22.6 Å². The molecule has 1 aromatic rings. The summed E-state index contributed by atoms with van der Waals surface area (Å²) in [5.41, 5.74) is 5.46. The van der Waals surface area contributed by atoms with Crippen LogP contribution < -0.4 is 5.73 Å². The summed E-state index contributed by atoms with van der Waals surface area (Å²) in [5, 5.41) is 10.3. The van der Waals surface area contributed by atoms with Gasteiger partial charge >= 0.3 is 0 Å². The van der Waals surface area contributed by atoms with Crippen LogP contribution in [0.2, 0.25) is 0 Å². The third-order valence-electron chi connectivity index (χ3n) is 1.73. The topological polar surface area (TPSA) is 69.2 Å². The smallest absolute Gasteiger partial charge is 0.269 e. The average Bonchev–Trinajstić information content (AvgIpc) is 2.26. The lowest BCUT2D eigenvalue weighted by molar-refractivity contribution is -0.384. The fourth-order valence-electron chi connectivity index (χ4n) is 0.919. The second-order valence-electron chi connectivity index (χ2n) is 2.89. The van der Waals surface area contributed by atoms with E-state index in [0.717, 1.165) is 4.90 Å². The quantitative estimate of drug-likeness (QED) is 0.374. The van der Waals surface area contributed by atoms with E-state index in [9.17, 15) is 10.1 Å². The van der Waals surface area contributed by atoms with Gasteiger partial charge in [0, 0.05) is 29.3 Å². The van der Waals surface area contributed by atoms with Crippen molar-refractivity contribution in [1.29, 1.82) is 0 Å². The van der Waals surface area contributed by atoms with E-state index in [2.05, 4.69) is 0 Å². The molecule has 0 saturated heterocycles.